The molecule has 35 heavy (non-hydrogen) atoms. The maximum Gasteiger partial charge on any atom is 0.312 e. The van der Waals surface area contributed by atoms with E-state index < -0.39 is 22.4 Å². The number of thioether (sulfide) groups is 2. The quantitative estimate of drug-likeness (QED) is 0.143. The molecule has 1 aliphatic heterocycles. The highest BCUT2D eigenvalue weighted by molar-refractivity contribution is 8.15. The van der Waals surface area contributed by atoms with Crippen molar-refractivity contribution < 1.29 is 33.1 Å². The Morgan fingerprint density at radius 1 is 1.26 bits per heavy atom. The van der Waals surface area contributed by atoms with E-state index in [-0.39, 0.29) is 29.6 Å². The van der Waals surface area contributed by atoms with E-state index in [1.165, 1.54) is 19.4 Å². The monoisotopic (exact) mass is 514 g/mol. The number of amides is 3. The molecule has 2 aromatic carbocycles. The smallest absolute Gasteiger partial charge is 0.312 e. The number of aromatic nitrogens is 1. The first-order valence-electron chi connectivity index (χ1n) is 10.1. The van der Waals surface area contributed by atoms with Crippen molar-refractivity contribution in [2.75, 3.05) is 12.9 Å². The van der Waals surface area contributed by atoms with Crippen LogP contribution in [0.1, 0.15) is 12.0 Å². The van der Waals surface area contributed by atoms with Crippen LogP contribution in [0.15, 0.2) is 57.2 Å². The average Bonchev–Trinajstić information content (AvgIpc) is 3.40. The van der Waals surface area contributed by atoms with Gasteiger partial charge in [0, 0.05) is 0 Å². The molecule has 180 valence electrons. The zero-order valence-corrected chi connectivity index (χ0v) is 19.8. The Morgan fingerprint density at radius 3 is 2.83 bits per heavy atom. The van der Waals surface area contributed by atoms with Crippen LogP contribution in [-0.4, -0.2) is 52.3 Å². The van der Waals surface area contributed by atoms with Gasteiger partial charge < -0.3 is 13.9 Å². The van der Waals surface area contributed by atoms with Gasteiger partial charge in [0.15, 0.2) is 17.1 Å². The molecule has 2 heterocycles. The number of imide groups is 1. The molecular formula is C22H18N4O7S2. The Kier molecular flexibility index (Phi) is 7.67. The van der Waals surface area contributed by atoms with E-state index in [0.29, 0.717) is 16.4 Å². The van der Waals surface area contributed by atoms with Gasteiger partial charge in [-0.25, -0.2) is 10.4 Å². The first-order chi connectivity index (χ1) is 16.9. The lowest BCUT2D eigenvalue weighted by molar-refractivity contribution is -0.136. The highest BCUT2D eigenvalue weighted by Gasteiger charge is 2.34. The molecule has 1 saturated heterocycles. The summed E-state index contributed by atoms with van der Waals surface area (Å²) in [6.45, 7) is 0. The molecule has 3 amide bonds. The van der Waals surface area contributed by atoms with E-state index in [0.717, 1.165) is 29.0 Å². The molecule has 1 aliphatic rings. The number of hydrazone groups is 1. The number of ether oxygens (including phenoxy) is 2. The predicted molar refractivity (Wildman–Crippen MR) is 129 cm³/mol. The zero-order valence-electron chi connectivity index (χ0n) is 18.2. The molecule has 1 fully saturated rings. The van der Waals surface area contributed by atoms with Crippen molar-refractivity contribution in [2.24, 2.45) is 5.10 Å². The summed E-state index contributed by atoms with van der Waals surface area (Å²) in [5, 5.41) is 5.10. The van der Waals surface area contributed by atoms with Gasteiger partial charge in [-0.2, -0.15) is 5.10 Å². The Hall–Kier alpha value is -3.84. The third-order valence-corrected chi connectivity index (χ3v) is 6.34. The molecule has 1 aromatic heterocycles. The SMILES string of the molecule is COc1cc(/C=N\NC(=O)CSc2nc3ccccc3o2)ccc1OC(=O)C[C@H]1SC(=O)NC1=O. The van der Waals surface area contributed by atoms with Gasteiger partial charge in [0.2, 0.25) is 5.91 Å². The normalized spacial score (nSPS) is 15.4. The third-order valence-electron chi connectivity index (χ3n) is 4.53. The number of esters is 1. The summed E-state index contributed by atoms with van der Waals surface area (Å²) >= 11 is 1.89. The molecule has 13 heteroatoms. The van der Waals surface area contributed by atoms with Gasteiger partial charge in [-0.1, -0.05) is 35.7 Å². The molecule has 0 radical (unpaired) electrons. The number of carbonyl (C=O) groups excluding carboxylic acids is 4. The molecule has 2 N–H and O–H groups in total. The summed E-state index contributed by atoms with van der Waals surface area (Å²) in [4.78, 5) is 51.3. The summed E-state index contributed by atoms with van der Waals surface area (Å²) in [6.07, 6.45) is 1.14. The van der Waals surface area contributed by atoms with Crippen LogP contribution in [-0.2, 0) is 14.4 Å². The highest BCUT2D eigenvalue weighted by Crippen LogP contribution is 2.29. The number of rotatable bonds is 9. The molecule has 0 spiro atoms. The number of methoxy groups -OCH3 is 1. The van der Waals surface area contributed by atoms with Crippen molar-refractivity contribution in [3.05, 3.63) is 48.0 Å². The standard InChI is InChI=1S/C22H18N4O7S2/c1-31-16-8-12(6-7-15(16)32-19(28)9-17-20(29)25-21(30)35-17)10-23-26-18(27)11-34-22-24-13-4-2-3-5-14(13)33-22/h2-8,10,17H,9,11H2,1H3,(H,26,27)(H,25,29,30)/b23-10-/t17-/m1/s1. The maximum absolute atomic E-state index is 12.2. The van der Waals surface area contributed by atoms with E-state index in [1.54, 1.807) is 18.2 Å². The third kappa shape index (κ3) is 6.39. The molecule has 3 aromatic rings. The highest BCUT2D eigenvalue weighted by atomic mass is 32.2. The van der Waals surface area contributed by atoms with Gasteiger partial charge >= 0.3 is 5.97 Å². The average molecular weight is 515 g/mol. The fourth-order valence-corrected chi connectivity index (χ4v) is 4.38. The number of para-hydroxylation sites is 2. The number of hydrogen-bond donors (Lipinski definition) is 2. The lowest BCUT2D eigenvalue weighted by Gasteiger charge is -2.10. The van der Waals surface area contributed by atoms with Gasteiger partial charge in [0.1, 0.15) is 10.8 Å². The predicted octanol–water partition coefficient (Wildman–Crippen LogP) is 2.73. The largest absolute Gasteiger partial charge is 0.493 e. The number of fused-ring (bicyclic) bond motifs is 1. The van der Waals surface area contributed by atoms with Gasteiger partial charge in [-0.05, 0) is 35.9 Å². The van der Waals surface area contributed by atoms with E-state index in [9.17, 15) is 19.2 Å². The molecule has 0 unspecified atom stereocenters. The van der Waals surface area contributed by atoms with Crippen LogP contribution in [0.3, 0.4) is 0 Å². The van der Waals surface area contributed by atoms with E-state index >= 15 is 0 Å². The van der Waals surface area contributed by atoms with Crippen LogP contribution in [0, 0.1) is 0 Å². The topological polar surface area (TPSA) is 149 Å². The first-order valence-corrected chi connectivity index (χ1v) is 12.0. The Bertz CT molecular complexity index is 1290. The van der Waals surface area contributed by atoms with Gasteiger partial charge in [-0.15, -0.1) is 0 Å². The minimum absolute atomic E-state index is 0.0608. The van der Waals surface area contributed by atoms with Gasteiger partial charge in [-0.3, -0.25) is 24.5 Å². The van der Waals surface area contributed by atoms with E-state index in [4.69, 9.17) is 13.9 Å². The molecule has 1 atom stereocenters. The van der Waals surface area contributed by atoms with Crippen LogP contribution < -0.4 is 20.2 Å². The second kappa shape index (κ2) is 11.1. The molecular weight excluding hydrogens is 496 g/mol. The van der Waals surface area contributed by atoms with Crippen molar-refractivity contribution in [3.8, 4) is 11.5 Å². The number of oxazole rings is 1. The van der Waals surface area contributed by atoms with E-state index in [2.05, 4.69) is 20.8 Å². The molecule has 0 saturated carbocycles. The number of nitrogens with one attached hydrogen (secondary N) is 2. The Balaban J connectivity index is 1.28. The fourth-order valence-electron chi connectivity index (χ4n) is 2.94. The number of nitrogens with zero attached hydrogens (tertiary/aromatic N) is 2. The summed E-state index contributed by atoms with van der Waals surface area (Å²) in [5.74, 6) is -1.10. The molecule has 11 nitrogen and oxygen atoms in total. The number of benzene rings is 2. The van der Waals surface area contributed by atoms with Crippen molar-refractivity contribution in [2.45, 2.75) is 16.9 Å². The summed E-state index contributed by atoms with van der Waals surface area (Å²) in [6, 6.07) is 12.0. The number of hydrogen-bond acceptors (Lipinski definition) is 11. The molecule has 4 rings (SSSR count). The van der Waals surface area contributed by atoms with Gasteiger partial charge in [0.05, 0.1) is 25.5 Å². The van der Waals surface area contributed by atoms with Gasteiger partial charge in [0.25, 0.3) is 16.4 Å². The molecule has 0 bridgehead atoms. The summed E-state index contributed by atoms with van der Waals surface area (Å²) in [5.41, 5.74) is 4.35. The summed E-state index contributed by atoms with van der Waals surface area (Å²) in [7, 11) is 1.40. The minimum Gasteiger partial charge on any atom is -0.493 e. The van der Waals surface area contributed by atoms with Crippen molar-refractivity contribution in [1.82, 2.24) is 15.7 Å². The van der Waals surface area contributed by atoms with Crippen LogP contribution in [0.5, 0.6) is 11.5 Å². The van der Waals surface area contributed by atoms with Crippen LogP contribution >= 0.6 is 23.5 Å². The van der Waals surface area contributed by atoms with Crippen LogP contribution in [0.25, 0.3) is 11.1 Å². The maximum atomic E-state index is 12.2. The van der Waals surface area contributed by atoms with Crippen molar-refractivity contribution in [1.29, 1.82) is 0 Å². The second-order valence-electron chi connectivity index (χ2n) is 7.00. The second-order valence-corrected chi connectivity index (χ2v) is 9.10. The summed E-state index contributed by atoms with van der Waals surface area (Å²) < 4.78 is 16.1. The van der Waals surface area contributed by atoms with Crippen molar-refractivity contribution >= 4 is 63.9 Å². The lowest BCUT2D eigenvalue weighted by Crippen LogP contribution is -2.27. The molecule has 0 aliphatic carbocycles. The number of carbonyl (C=O) groups is 4. The van der Waals surface area contributed by atoms with Crippen LogP contribution in [0.2, 0.25) is 0 Å². The first kappa shape index (κ1) is 24.3. The lowest BCUT2D eigenvalue weighted by atomic mass is 10.2. The zero-order chi connectivity index (χ0) is 24.8. The Labute approximate surface area is 207 Å². The van der Waals surface area contributed by atoms with Crippen LogP contribution in [0.4, 0.5) is 4.79 Å². The minimum atomic E-state index is -0.822. The fraction of sp³-hybridized carbons (Fsp3) is 0.182. The van der Waals surface area contributed by atoms with E-state index in [1.807, 2.05) is 18.2 Å². The van der Waals surface area contributed by atoms with Crippen molar-refractivity contribution in [3.63, 3.8) is 0 Å². The Morgan fingerprint density at radius 2 is 2.09 bits per heavy atom.